The maximum Gasteiger partial charge on any atom is 0.423 e. The van der Waals surface area contributed by atoms with Crippen molar-refractivity contribution in [2.75, 3.05) is 49.5 Å². The molecule has 2 saturated heterocycles. The van der Waals surface area contributed by atoms with Crippen molar-refractivity contribution in [1.29, 1.82) is 5.26 Å². The van der Waals surface area contributed by atoms with Gasteiger partial charge in [0, 0.05) is 62.8 Å². The minimum Gasteiger partial charge on any atom is -0.382 e. The van der Waals surface area contributed by atoms with Crippen molar-refractivity contribution in [3.8, 4) is 6.07 Å². The standard InChI is InChI=1S/C27H26F6N6O4/c28-26(29,30)21-14-20(3-1-17(21)16-34)36-9-11-38(12-10-36)25(41)15-24(40)37-7-5-18(6-8-37)35-19-2-4-23(39(42)43)22(13-19)27(31,32)33/h1-4,13-14,18,35H,5-12,15H2. The predicted molar refractivity (Wildman–Crippen MR) is 141 cm³/mol. The zero-order valence-electron chi connectivity index (χ0n) is 22.5. The molecule has 1 N–H and O–H groups in total. The van der Waals surface area contributed by atoms with Gasteiger partial charge in [0.05, 0.1) is 22.1 Å². The van der Waals surface area contributed by atoms with Crippen LogP contribution in [0.2, 0.25) is 0 Å². The van der Waals surface area contributed by atoms with Crippen LogP contribution < -0.4 is 10.2 Å². The van der Waals surface area contributed by atoms with Crippen LogP contribution >= 0.6 is 0 Å². The lowest BCUT2D eigenvalue weighted by Crippen LogP contribution is -2.50. The molecule has 2 aliphatic heterocycles. The molecule has 4 rings (SSSR count). The van der Waals surface area contributed by atoms with Crippen LogP contribution in [0.4, 0.5) is 43.4 Å². The third kappa shape index (κ3) is 7.46. The SMILES string of the molecule is N#Cc1ccc(N2CCN(C(=O)CC(=O)N3CCC(Nc4ccc([N+](=O)[O-])c(C(F)(F)F)c4)CC3)CC2)cc1C(F)(F)F. The summed E-state index contributed by atoms with van der Waals surface area (Å²) in [5, 5.41) is 22.9. The van der Waals surface area contributed by atoms with E-state index >= 15 is 0 Å². The molecule has 0 saturated carbocycles. The second kappa shape index (κ2) is 12.4. The highest BCUT2D eigenvalue weighted by molar-refractivity contribution is 5.97. The van der Waals surface area contributed by atoms with Gasteiger partial charge in [0.15, 0.2) is 0 Å². The number of nitriles is 1. The Kier molecular flexibility index (Phi) is 9.02. The highest BCUT2D eigenvalue weighted by atomic mass is 19.4. The van der Waals surface area contributed by atoms with Gasteiger partial charge in [-0.3, -0.25) is 19.7 Å². The number of piperazine rings is 1. The summed E-state index contributed by atoms with van der Waals surface area (Å²) < 4.78 is 79.7. The fraction of sp³-hybridized carbons (Fsp3) is 0.444. The number of hydrogen-bond acceptors (Lipinski definition) is 7. The van der Waals surface area contributed by atoms with Crippen molar-refractivity contribution in [3.05, 3.63) is 63.2 Å². The minimum absolute atomic E-state index is 0.0626. The summed E-state index contributed by atoms with van der Waals surface area (Å²) in [6.07, 6.45) is -9.24. The molecule has 43 heavy (non-hydrogen) atoms. The van der Waals surface area contributed by atoms with E-state index in [1.807, 2.05) is 0 Å². The maximum absolute atomic E-state index is 13.3. The fourth-order valence-electron chi connectivity index (χ4n) is 5.15. The number of nitro benzene ring substituents is 1. The molecule has 0 aromatic heterocycles. The van der Waals surface area contributed by atoms with Crippen molar-refractivity contribution < 1.29 is 40.9 Å². The summed E-state index contributed by atoms with van der Waals surface area (Å²) in [4.78, 5) is 40.0. The second-order valence-corrected chi connectivity index (χ2v) is 10.2. The summed E-state index contributed by atoms with van der Waals surface area (Å²) in [7, 11) is 0. The molecule has 0 radical (unpaired) electrons. The normalized spacial score (nSPS) is 16.5. The summed E-state index contributed by atoms with van der Waals surface area (Å²) in [5.41, 5.74) is -3.59. The van der Waals surface area contributed by atoms with E-state index in [0.717, 1.165) is 18.2 Å². The molecular weight excluding hydrogens is 586 g/mol. The Labute approximate surface area is 241 Å². The molecule has 2 heterocycles. The van der Waals surface area contributed by atoms with Crippen LogP contribution in [0.3, 0.4) is 0 Å². The lowest BCUT2D eigenvalue weighted by Gasteiger charge is -2.37. The van der Waals surface area contributed by atoms with Crippen LogP contribution in [0.1, 0.15) is 36.0 Å². The van der Waals surface area contributed by atoms with Gasteiger partial charge in [-0.2, -0.15) is 31.6 Å². The van der Waals surface area contributed by atoms with Gasteiger partial charge in [-0.15, -0.1) is 0 Å². The number of nitro groups is 1. The van der Waals surface area contributed by atoms with Gasteiger partial charge < -0.3 is 20.0 Å². The number of likely N-dealkylation sites (tertiary alicyclic amines) is 1. The Bertz CT molecular complexity index is 1420. The molecule has 10 nitrogen and oxygen atoms in total. The molecule has 2 fully saturated rings. The number of amides is 2. The highest BCUT2D eigenvalue weighted by Gasteiger charge is 2.39. The number of alkyl halides is 6. The zero-order valence-corrected chi connectivity index (χ0v) is 22.5. The van der Waals surface area contributed by atoms with Crippen molar-refractivity contribution >= 4 is 28.9 Å². The Hall–Kier alpha value is -4.55. The van der Waals surface area contributed by atoms with E-state index in [4.69, 9.17) is 5.26 Å². The Morgan fingerprint density at radius 3 is 2.00 bits per heavy atom. The first-order valence-electron chi connectivity index (χ1n) is 13.2. The summed E-state index contributed by atoms with van der Waals surface area (Å²) >= 11 is 0. The number of carbonyl (C=O) groups is 2. The smallest absolute Gasteiger partial charge is 0.382 e. The van der Waals surface area contributed by atoms with Gasteiger partial charge in [0.2, 0.25) is 11.8 Å². The molecule has 2 aromatic carbocycles. The molecule has 2 aliphatic rings. The maximum atomic E-state index is 13.3. The van der Waals surface area contributed by atoms with Crippen LogP contribution in [0, 0.1) is 21.4 Å². The average molecular weight is 613 g/mol. The number of halogens is 6. The van der Waals surface area contributed by atoms with E-state index < -0.39 is 57.9 Å². The molecule has 0 bridgehead atoms. The van der Waals surface area contributed by atoms with Crippen LogP contribution in [0.25, 0.3) is 0 Å². The van der Waals surface area contributed by atoms with Gasteiger partial charge >= 0.3 is 12.4 Å². The van der Waals surface area contributed by atoms with Crippen LogP contribution in [-0.4, -0.2) is 71.8 Å². The molecule has 16 heteroatoms. The number of nitrogens with one attached hydrogen (secondary N) is 1. The fourth-order valence-corrected chi connectivity index (χ4v) is 5.15. The largest absolute Gasteiger partial charge is 0.423 e. The summed E-state index contributed by atoms with van der Waals surface area (Å²) in [6, 6.07) is 7.35. The molecular formula is C27H26F6N6O4. The monoisotopic (exact) mass is 612 g/mol. The summed E-state index contributed by atoms with van der Waals surface area (Å²) in [6.45, 7) is 1.34. The van der Waals surface area contributed by atoms with Gasteiger partial charge in [-0.1, -0.05) is 0 Å². The van der Waals surface area contributed by atoms with Gasteiger partial charge in [0.1, 0.15) is 12.0 Å². The minimum atomic E-state index is -4.91. The average Bonchev–Trinajstić information content (AvgIpc) is 2.96. The number of benzene rings is 2. The molecule has 0 atom stereocenters. The number of piperidine rings is 1. The Morgan fingerprint density at radius 1 is 0.884 bits per heavy atom. The third-order valence-electron chi connectivity index (χ3n) is 7.45. The van der Waals surface area contributed by atoms with E-state index in [9.17, 15) is 46.0 Å². The number of carbonyl (C=O) groups excluding carboxylic acids is 2. The quantitative estimate of drug-likeness (QED) is 0.218. The number of anilines is 2. The van der Waals surface area contributed by atoms with Crippen molar-refractivity contribution in [1.82, 2.24) is 9.80 Å². The lowest BCUT2D eigenvalue weighted by atomic mass is 10.0. The second-order valence-electron chi connectivity index (χ2n) is 10.2. The Morgan fingerprint density at radius 2 is 1.47 bits per heavy atom. The number of nitrogens with zero attached hydrogens (tertiary/aromatic N) is 5. The predicted octanol–water partition coefficient (Wildman–Crippen LogP) is 4.65. The topological polar surface area (TPSA) is 123 Å². The van der Waals surface area contributed by atoms with Crippen molar-refractivity contribution in [3.63, 3.8) is 0 Å². The molecule has 0 unspecified atom stereocenters. The van der Waals surface area contributed by atoms with E-state index in [0.29, 0.717) is 18.9 Å². The number of hydrogen-bond donors (Lipinski definition) is 1. The summed E-state index contributed by atoms with van der Waals surface area (Å²) in [5.74, 6) is -0.839. The first-order valence-corrected chi connectivity index (χ1v) is 13.2. The lowest BCUT2D eigenvalue weighted by molar-refractivity contribution is -0.388. The van der Waals surface area contributed by atoms with Crippen LogP contribution in [0.5, 0.6) is 0 Å². The molecule has 2 aromatic rings. The highest BCUT2D eigenvalue weighted by Crippen LogP contribution is 2.38. The van der Waals surface area contributed by atoms with E-state index in [-0.39, 0.29) is 56.7 Å². The van der Waals surface area contributed by atoms with Crippen molar-refractivity contribution in [2.24, 2.45) is 0 Å². The first kappa shape index (κ1) is 31.4. The van der Waals surface area contributed by atoms with Gasteiger partial charge in [-0.05, 0) is 43.2 Å². The Balaban J connectivity index is 1.26. The first-order chi connectivity index (χ1) is 20.2. The van der Waals surface area contributed by atoms with Gasteiger partial charge in [-0.25, -0.2) is 0 Å². The van der Waals surface area contributed by atoms with Gasteiger partial charge in [0.25, 0.3) is 5.69 Å². The third-order valence-corrected chi connectivity index (χ3v) is 7.45. The van der Waals surface area contributed by atoms with Crippen molar-refractivity contribution in [2.45, 2.75) is 37.7 Å². The van der Waals surface area contributed by atoms with E-state index in [1.54, 1.807) is 4.90 Å². The molecule has 2 amide bonds. The molecule has 0 spiro atoms. The van der Waals surface area contributed by atoms with E-state index in [2.05, 4.69) is 5.32 Å². The van der Waals surface area contributed by atoms with Crippen LogP contribution in [-0.2, 0) is 21.9 Å². The molecule has 0 aliphatic carbocycles. The molecule has 230 valence electrons. The number of rotatable bonds is 6. The van der Waals surface area contributed by atoms with Crippen LogP contribution in [0.15, 0.2) is 36.4 Å². The zero-order chi connectivity index (χ0) is 31.5. The van der Waals surface area contributed by atoms with E-state index in [1.165, 1.54) is 28.0 Å².